The Morgan fingerprint density at radius 3 is 2.76 bits per heavy atom. The molecule has 0 fully saturated rings. The first-order chi connectivity index (χ1) is 17.8. The molecule has 188 valence electrons. The molecular weight excluding hydrogens is 475 g/mol. The monoisotopic (exact) mass is 500 g/mol. The normalized spacial score (nSPS) is 13.6. The molecule has 10 nitrogen and oxygen atoms in total. The van der Waals surface area contributed by atoms with Crippen molar-refractivity contribution in [3.63, 3.8) is 0 Å². The molecule has 0 saturated carbocycles. The van der Waals surface area contributed by atoms with Gasteiger partial charge in [0.2, 0.25) is 0 Å². The molecule has 1 aliphatic heterocycles. The van der Waals surface area contributed by atoms with Gasteiger partial charge < -0.3 is 24.6 Å². The lowest BCUT2D eigenvalue weighted by Gasteiger charge is -2.28. The summed E-state index contributed by atoms with van der Waals surface area (Å²) in [5.74, 6) is 0.250. The Morgan fingerprint density at radius 1 is 1.16 bits per heavy atom. The second-order valence-electron chi connectivity index (χ2n) is 9.37. The molecule has 6 rings (SSSR count). The summed E-state index contributed by atoms with van der Waals surface area (Å²) < 4.78 is 24.1. The lowest BCUT2D eigenvalue weighted by atomic mass is 10.0. The lowest BCUT2D eigenvalue weighted by molar-refractivity contribution is 0.0972. The zero-order valence-electron chi connectivity index (χ0n) is 20.6. The fraction of sp³-hybridized carbons (Fsp3) is 0.231. The summed E-state index contributed by atoms with van der Waals surface area (Å²) in [6.45, 7) is 2.83. The highest BCUT2D eigenvalue weighted by Gasteiger charge is 2.33. The van der Waals surface area contributed by atoms with Crippen molar-refractivity contribution >= 4 is 28.4 Å². The van der Waals surface area contributed by atoms with Gasteiger partial charge in [0.1, 0.15) is 17.3 Å². The van der Waals surface area contributed by atoms with E-state index in [1.165, 1.54) is 11.0 Å². The number of hydrogen-bond donors (Lipinski definition) is 1. The minimum absolute atomic E-state index is 0.220. The number of anilines is 2. The molecule has 11 heteroatoms. The van der Waals surface area contributed by atoms with Crippen molar-refractivity contribution in [2.45, 2.75) is 19.9 Å². The van der Waals surface area contributed by atoms with Gasteiger partial charge in [0.05, 0.1) is 29.0 Å². The van der Waals surface area contributed by atoms with Gasteiger partial charge >= 0.3 is 0 Å². The third-order valence-corrected chi connectivity index (χ3v) is 6.62. The topological polar surface area (TPSA) is 111 Å². The SMILES string of the molecule is Cc1nn(-c2ccc3onc(N)c3c2)c2c1CCN(c1ccc(-n3ccnc3CN(C)C)cc1F)C2=O. The van der Waals surface area contributed by atoms with Crippen LogP contribution in [0.2, 0.25) is 0 Å². The smallest absolute Gasteiger partial charge is 0.277 e. The van der Waals surface area contributed by atoms with E-state index >= 15 is 4.39 Å². The highest BCUT2D eigenvalue weighted by Crippen LogP contribution is 2.32. The van der Waals surface area contributed by atoms with Gasteiger partial charge in [-0.05, 0) is 57.8 Å². The van der Waals surface area contributed by atoms with Gasteiger partial charge in [-0.1, -0.05) is 5.16 Å². The van der Waals surface area contributed by atoms with Crippen LogP contribution in [-0.2, 0) is 13.0 Å². The van der Waals surface area contributed by atoms with E-state index in [1.807, 2.05) is 30.5 Å². The van der Waals surface area contributed by atoms with Crippen LogP contribution < -0.4 is 10.6 Å². The highest BCUT2D eigenvalue weighted by molar-refractivity contribution is 6.07. The Kier molecular flexibility index (Phi) is 5.30. The molecule has 2 aromatic carbocycles. The van der Waals surface area contributed by atoms with Crippen LogP contribution in [0.15, 0.2) is 53.3 Å². The van der Waals surface area contributed by atoms with Crippen molar-refractivity contribution in [2.24, 2.45) is 0 Å². The second kappa shape index (κ2) is 8.56. The summed E-state index contributed by atoms with van der Waals surface area (Å²) in [4.78, 5) is 21.6. The molecule has 0 radical (unpaired) electrons. The van der Waals surface area contributed by atoms with Crippen molar-refractivity contribution in [2.75, 3.05) is 31.3 Å². The Bertz CT molecular complexity index is 1660. The van der Waals surface area contributed by atoms with E-state index < -0.39 is 5.82 Å². The van der Waals surface area contributed by atoms with Gasteiger partial charge in [0.25, 0.3) is 5.91 Å². The molecule has 0 spiro atoms. The third-order valence-electron chi connectivity index (χ3n) is 6.62. The molecule has 4 heterocycles. The van der Waals surface area contributed by atoms with E-state index in [2.05, 4.69) is 15.2 Å². The minimum Gasteiger partial charge on any atom is -0.380 e. The molecule has 1 aliphatic rings. The predicted octanol–water partition coefficient (Wildman–Crippen LogP) is 3.49. The number of carbonyl (C=O) groups is 1. The van der Waals surface area contributed by atoms with E-state index in [-0.39, 0.29) is 17.4 Å². The molecular formula is C26H25FN8O2. The van der Waals surface area contributed by atoms with E-state index in [0.29, 0.717) is 47.5 Å². The van der Waals surface area contributed by atoms with Crippen molar-refractivity contribution in [1.82, 2.24) is 29.4 Å². The largest absolute Gasteiger partial charge is 0.380 e. The van der Waals surface area contributed by atoms with E-state index in [0.717, 1.165) is 17.1 Å². The lowest BCUT2D eigenvalue weighted by Crippen LogP contribution is -2.39. The number of imidazole rings is 1. The number of rotatable bonds is 5. The van der Waals surface area contributed by atoms with Crippen LogP contribution in [0.3, 0.4) is 0 Å². The summed E-state index contributed by atoms with van der Waals surface area (Å²) >= 11 is 0. The summed E-state index contributed by atoms with van der Waals surface area (Å²) in [6.07, 6.45) is 4.04. The number of nitrogen functional groups attached to an aromatic ring is 1. The van der Waals surface area contributed by atoms with Crippen molar-refractivity contribution < 1.29 is 13.7 Å². The van der Waals surface area contributed by atoms with E-state index in [9.17, 15) is 4.79 Å². The zero-order valence-corrected chi connectivity index (χ0v) is 20.6. The quantitative estimate of drug-likeness (QED) is 0.393. The molecule has 37 heavy (non-hydrogen) atoms. The molecule has 0 bridgehead atoms. The number of amides is 1. The number of aryl methyl sites for hydroxylation is 1. The van der Waals surface area contributed by atoms with Crippen molar-refractivity contribution in [3.05, 3.63) is 77.4 Å². The van der Waals surface area contributed by atoms with Crippen LogP contribution in [0, 0.1) is 12.7 Å². The minimum atomic E-state index is -0.486. The Balaban J connectivity index is 1.37. The Morgan fingerprint density at radius 2 is 1.97 bits per heavy atom. The van der Waals surface area contributed by atoms with Gasteiger partial charge in [-0.2, -0.15) is 5.10 Å². The molecule has 5 aromatic rings. The fourth-order valence-electron chi connectivity index (χ4n) is 4.86. The maximum Gasteiger partial charge on any atom is 0.277 e. The Labute approximate surface area is 211 Å². The van der Waals surface area contributed by atoms with Gasteiger partial charge in [-0.25, -0.2) is 14.1 Å². The van der Waals surface area contributed by atoms with Crippen LogP contribution >= 0.6 is 0 Å². The van der Waals surface area contributed by atoms with Crippen LogP contribution in [0.4, 0.5) is 15.9 Å². The number of benzene rings is 2. The average Bonchev–Trinajstić information content (AvgIpc) is 3.57. The summed E-state index contributed by atoms with van der Waals surface area (Å²) in [6, 6.07) is 10.2. The first kappa shape index (κ1) is 22.9. The number of hydrogen-bond acceptors (Lipinski definition) is 7. The molecule has 0 saturated heterocycles. The maximum atomic E-state index is 15.5. The van der Waals surface area contributed by atoms with Crippen LogP contribution in [0.5, 0.6) is 0 Å². The number of nitrogens with two attached hydrogens (primary N) is 1. The van der Waals surface area contributed by atoms with Gasteiger partial charge in [0.15, 0.2) is 11.4 Å². The van der Waals surface area contributed by atoms with Gasteiger partial charge in [0, 0.05) is 36.3 Å². The third kappa shape index (κ3) is 3.75. The number of carbonyl (C=O) groups excluding carboxylic acids is 1. The second-order valence-corrected chi connectivity index (χ2v) is 9.37. The van der Waals surface area contributed by atoms with E-state index in [1.54, 1.807) is 47.4 Å². The number of halogens is 1. The molecule has 0 atom stereocenters. The molecule has 0 aliphatic carbocycles. The summed E-state index contributed by atoms with van der Waals surface area (Å²) in [5.41, 5.74) is 9.99. The van der Waals surface area contributed by atoms with Crippen LogP contribution in [0.1, 0.15) is 27.6 Å². The summed E-state index contributed by atoms with van der Waals surface area (Å²) in [5, 5.41) is 9.06. The van der Waals surface area contributed by atoms with Crippen LogP contribution in [-0.4, -0.2) is 55.9 Å². The van der Waals surface area contributed by atoms with Gasteiger partial charge in [-0.3, -0.25) is 4.79 Å². The van der Waals surface area contributed by atoms with Crippen molar-refractivity contribution in [3.8, 4) is 11.4 Å². The fourth-order valence-corrected chi connectivity index (χ4v) is 4.86. The number of nitrogens with zero attached hydrogens (tertiary/aromatic N) is 7. The number of aromatic nitrogens is 5. The van der Waals surface area contributed by atoms with Crippen molar-refractivity contribution in [1.29, 1.82) is 0 Å². The maximum absolute atomic E-state index is 15.5. The molecule has 1 amide bonds. The van der Waals surface area contributed by atoms with Crippen LogP contribution in [0.25, 0.3) is 22.3 Å². The molecule has 0 unspecified atom stereocenters. The van der Waals surface area contributed by atoms with E-state index in [4.69, 9.17) is 10.3 Å². The Hall–Kier alpha value is -4.51. The summed E-state index contributed by atoms with van der Waals surface area (Å²) in [7, 11) is 3.90. The molecule has 2 N–H and O–H groups in total. The predicted molar refractivity (Wildman–Crippen MR) is 137 cm³/mol. The first-order valence-electron chi connectivity index (χ1n) is 11.8. The average molecular weight is 501 g/mol. The zero-order chi connectivity index (χ0) is 25.8. The standard InChI is InChI=1S/C26H25FN8O2/c1-15-18-8-10-34(21-6-4-16(13-20(21)27)33-11-9-29-23(33)14-32(2)3)26(36)24(18)35(30-15)17-5-7-22-19(12-17)25(28)31-37-22/h4-7,9,11-13H,8,10,14H2,1-3H3,(H2,28,31). The highest BCUT2D eigenvalue weighted by atomic mass is 19.1. The van der Waals surface area contributed by atoms with Gasteiger partial charge in [-0.15, -0.1) is 0 Å². The first-order valence-corrected chi connectivity index (χ1v) is 11.8. The number of fused-ring (bicyclic) bond motifs is 2. The molecule has 3 aromatic heterocycles.